The third-order valence-electron chi connectivity index (χ3n) is 3.02. The molecule has 2 aromatic carbocycles. The molecule has 0 atom stereocenters. The van der Waals surface area contributed by atoms with Gasteiger partial charge in [-0.05, 0) is 0 Å². The molecular formula is C16H12Cl2CoN2O2. The standard InChI is InChI=1S/C16H12Cl2N2O2.Co/c17-11-5-1-3-9(15(11)21)7-13(19)14(20)8-10-4-2-6-12(18)16(10)22;/h1-8,19-22H;/q-1;+1. The summed E-state index contributed by atoms with van der Waals surface area (Å²) in [6.45, 7) is 0. The van der Waals surface area contributed by atoms with E-state index >= 15 is 0 Å². The monoisotopic (exact) mass is 393 g/mol. The Bertz CT molecular complexity index is 792. The molecule has 0 bridgehead atoms. The summed E-state index contributed by atoms with van der Waals surface area (Å²) in [6, 6.07) is 9.73. The topological polar surface area (TPSA) is 76.3 Å². The van der Waals surface area contributed by atoms with Gasteiger partial charge < -0.3 is 0 Å². The van der Waals surface area contributed by atoms with Gasteiger partial charge in [0, 0.05) is 0 Å². The number of hydrogen-bond acceptors (Lipinski definition) is 3. The zero-order chi connectivity index (χ0) is 17.0. The average molecular weight is 394 g/mol. The fourth-order valence-corrected chi connectivity index (χ4v) is 2.41. The van der Waals surface area contributed by atoms with E-state index in [-0.39, 0.29) is 27.2 Å². The molecule has 0 aromatic heterocycles. The number of nitrogens with one attached hydrogen (secondary N) is 2. The summed E-state index contributed by atoms with van der Waals surface area (Å²) in [6.07, 6.45) is 2.95. The molecular weight excluding hydrogens is 382 g/mol. The molecule has 4 N–H and O–H groups in total. The Hall–Kier alpha value is -1.79. The van der Waals surface area contributed by atoms with E-state index in [9.17, 15) is 10.2 Å². The molecule has 0 saturated carbocycles. The molecule has 23 heavy (non-hydrogen) atoms. The van der Waals surface area contributed by atoms with E-state index in [1.807, 2.05) is 0 Å². The zero-order valence-electron chi connectivity index (χ0n) is 11.6. The van der Waals surface area contributed by atoms with Gasteiger partial charge in [0.1, 0.15) is 0 Å². The van der Waals surface area contributed by atoms with Gasteiger partial charge in [-0.3, -0.25) is 0 Å². The number of rotatable bonds is 4. The van der Waals surface area contributed by atoms with Crippen LogP contribution in [-0.4, -0.2) is 10.2 Å². The number of para-hydroxylation sites is 2. The predicted octanol–water partition coefficient (Wildman–Crippen LogP) is 4.12. The fourth-order valence-electron chi connectivity index (χ4n) is 1.83. The van der Waals surface area contributed by atoms with Crippen molar-refractivity contribution in [3.63, 3.8) is 0 Å². The van der Waals surface area contributed by atoms with Gasteiger partial charge in [-0.25, -0.2) is 0 Å². The van der Waals surface area contributed by atoms with Crippen molar-refractivity contribution in [1.82, 2.24) is 10.1 Å². The minimum atomic E-state index is -0.109. The van der Waals surface area contributed by atoms with Gasteiger partial charge in [-0.1, -0.05) is 0 Å². The first kappa shape index (κ1) is 17.6. The number of halogens is 2. The van der Waals surface area contributed by atoms with Crippen LogP contribution in [0.1, 0.15) is 11.1 Å². The molecule has 121 valence electrons. The van der Waals surface area contributed by atoms with Gasteiger partial charge in [-0.2, -0.15) is 0 Å². The van der Waals surface area contributed by atoms with Crippen LogP contribution in [0.5, 0.6) is 11.5 Å². The van der Waals surface area contributed by atoms with Crippen LogP contribution in [0.4, 0.5) is 0 Å². The molecule has 0 fully saturated rings. The quantitative estimate of drug-likeness (QED) is 0.683. The zero-order valence-corrected chi connectivity index (χ0v) is 14.2. The number of benzene rings is 2. The molecule has 0 aliphatic heterocycles. The van der Waals surface area contributed by atoms with E-state index in [1.165, 1.54) is 12.2 Å². The van der Waals surface area contributed by atoms with E-state index in [0.717, 1.165) is 0 Å². The molecule has 4 nitrogen and oxygen atoms in total. The van der Waals surface area contributed by atoms with Crippen molar-refractivity contribution in [1.29, 1.82) is 0 Å². The summed E-state index contributed by atoms with van der Waals surface area (Å²) in [7, 11) is 0. The predicted molar refractivity (Wildman–Crippen MR) is 88.4 cm³/mol. The molecule has 0 spiro atoms. The maximum atomic E-state index is 9.93. The van der Waals surface area contributed by atoms with Crippen LogP contribution >= 0.6 is 23.2 Å². The number of aromatic hydroxyl groups is 2. The maximum absolute atomic E-state index is 9.93. The first-order valence-electron chi connectivity index (χ1n) is 6.38. The van der Waals surface area contributed by atoms with Crippen molar-refractivity contribution in [2.45, 2.75) is 0 Å². The Morgan fingerprint density at radius 3 is 1.91 bits per heavy atom. The number of phenols is 2. The molecule has 0 heterocycles. The Kier molecular flexibility index (Phi) is 5.84. The van der Waals surface area contributed by atoms with Crippen LogP contribution in [-0.2, 0) is 16.0 Å². The molecule has 1 radical (unpaired) electrons. The molecule has 0 aliphatic carbocycles. The van der Waals surface area contributed by atoms with Crippen LogP contribution in [0.2, 0.25) is 10.0 Å². The van der Waals surface area contributed by atoms with Crippen molar-refractivity contribution in [3.05, 3.63) is 69.0 Å². The third kappa shape index (κ3) is 4.14. The van der Waals surface area contributed by atoms with Crippen LogP contribution in [0, 0.1) is 0 Å². The third-order valence-corrected chi connectivity index (χ3v) is 3.91. The summed E-state index contributed by atoms with van der Waals surface area (Å²) in [5.41, 5.74) is 9.29. The van der Waals surface area contributed by atoms with Crippen molar-refractivity contribution < 1.29 is 26.2 Å². The van der Waals surface area contributed by atoms with Crippen LogP contribution in [0.25, 0.3) is 12.2 Å². The van der Waals surface area contributed by atoms with Crippen LogP contribution in [0.3, 0.4) is 0 Å². The van der Waals surface area contributed by atoms with Crippen molar-refractivity contribution in [2.24, 2.45) is 0 Å². The van der Waals surface area contributed by atoms with Crippen LogP contribution < -0.4 is 10.1 Å². The summed E-state index contributed by atoms with van der Waals surface area (Å²) < 4.78 is 2.58. The molecule has 0 amide bonds. The second kappa shape index (κ2) is 7.65. The molecule has 0 unspecified atom stereocenters. The van der Waals surface area contributed by atoms with Gasteiger partial charge in [0.05, 0.1) is 0 Å². The Labute approximate surface area is 152 Å². The SMILES string of the molecule is [NH]C(=Cc1cccc(Cl)c1O)C(=Cc1cccc(Cl)c1O)[NH][Co]. The van der Waals surface area contributed by atoms with Crippen molar-refractivity contribution in [2.75, 3.05) is 0 Å². The van der Waals surface area contributed by atoms with E-state index in [1.54, 1.807) is 36.4 Å². The number of phenolic OH excluding ortho intramolecular Hbond substituents is 2. The van der Waals surface area contributed by atoms with E-state index in [2.05, 4.69) is 20.3 Å². The van der Waals surface area contributed by atoms with E-state index < -0.39 is 0 Å². The molecule has 0 saturated heterocycles. The molecule has 7 heteroatoms. The van der Waals surface area contributed by atoms with Gasteiger partial charge in [0.15, 0.2) is 0 Å². The van der Waals surface area contributed by atoms with E-state index in [4.69, 9.17) is 28.9 Å². The molecule has 2 rings (SSSR count). The van der Waals surface area contributed by atoms with Gasteiger partial charge in [-0.15, -0.1) is 0 Å². The van der Waals surface area contributed by atoms with Crippen LogP contribution in [0.15, 0.2) is 47.8 Å². The Morgan fingerprint density at radius 2 is 1.43 bits per heavy atom. The molecule has 2 aromatic rings. The summed E-state index contributed by atoms with van der Waals surface area (Å²) in [5.74, 6) is -0.199. The van der Waals surface area contributed by atoms with E-state index in [0.29, 0.717) is 16.8 Å². The second-order valence-corrected chi connectivity index (χ2v) is 5.63. The summed E-state index contributed by atoms with van der Waals surface area (Å²) >= 11 is 15.7. The normalized spacial score (nSPS) is 12.3. The number of hydrogen-bond donors (Lipinski definition) is 3. The van der Waals surface area contributed by atoms with Gasteiger partial charge in [0.2, 0.25) is 0 Å². The average Bonchev–Trinajstić information content (AvgIpc) is 2.53. The Morgan fingerprint density at radius 1 is 0.957 bits per heavy atom. The Balaban J connectivity index is 2.44. The van der Waals surface area contributed by atoms with Gasteiger partial charge >= 0.3 is 152 Å². The molecule has 0 aliphatic rings. The first-order valence-corrected chi connectivity index (χ1v) is 7.66. The minimum absolute atomic E-state index is 0.0371. The fraction of sp³-hybridized carbons (Fsp3) is 0. The van der Waals surface area contributed by atoms with Gasteiger partial charge in [0.25, 0.3) is 0 Å². The second-order valence-electron chi connectivity index (χ2n) is 4.55. The summed E-state index contributed by atoms with van der Waals surface area (Å²) in [5, 5.41) is 20.2. The van der Waals surface area contributed by atoms with Crippen molar-refractivity contribution in [3.8, 4) is 11.5 Å². The summed E-state index contributed by atoms with van der Waals surface area (Å²) in [4.78, 5) is 0. The van der Waals surface area contributed by atoms with Crippen molar-refractivity contribution >= 4 is 35.4 Å². The first-order chi connectivity index (χ1) is 10.9.